The van der Waals surface area contributed by atoms with Crippen LogP contribution in [-0.4, -0.2) is 58.1 Å². The topological polar surface area (TPSA) is 100 Å². The minimum absolute atomic E-state index is 0.0923. The molecule has 33 heavy (non-hydrogen) atoms. The van der Waals surface area contributed by atoms with Crippen LogP contribution in [0.1, 0.15) is 22.7 Å². The second-order valence-electron chi connectivity index (χ2n) is 8.25. The van der Waals surface area contributed by atoms with Crippen molar-refractivity contribution in [2.24, 2.45) is 0 Å². The molecule has 0 unspecified atom stereocenters. The van der Waals surface area contributed by atoms with Crippen LogP contribution in [0.2, 0.25) is 0 Å². The standard InChI is InChI=1S/C23H21F2N5O3/c24-15-6-14(7-16(25)8-15)21(31)27-17-9-19-22(32)26-11-18(30(19)12-17)10-20-28-29-23(33-20)13-4-2-1-3-5-13/h1-8,17-19H,9-12H2,(H,26,32)(H,27,31)/t17-,18+,19-/m0/s1. The first-order valence-corrected chi connectivity index (χ1v) is 10.6. The molecule has 2 aromatic carbocycles. The molecule has 0 bridgehead atoms. The van der Waals surface area contributed by atoms with Crippen molar-refractivity contribution >= 4 is 11.8 Å². The number of hydrogen-bond acceptors (Lipinski definition) is 6. The molecule has 0 aliphatic carbocycles. The monoisotopic (exact) mass is 453 g/mol. The molecular weight excluding hydrogens is 432 g/mol. The fourth-order valence-corrected chi connectivity index (χ4v) is 4.46. The van der Waals surface area contributed by atoms with Crippen molar-refractivity contribution in [1.29, 1.82) is 0 Å². The van der Waals surface area contributed by atoms with Gasteiger partial charge >= 0.3 is 0 Å². The third kappa shape index (κ3) is 4.47. The van der Waals surface area contributed by atoms with Gasteiger partial charge in [-0.15, -0.1) is 10.2 Å². The Kier molecular flexibility index (Phi) is 5.59. The van der Waals surface area contributed by atoms with Crippen LogP contribution in [0, 0.1) is 11.6 Å². The molecule has 2 aliphatic heterocycles. The highest BCUT2D eigenvalue weighted by atomic mass is 19.1. The van der Waals surface area contributed by atoms with E-state index in [0.717, 1.165) is 17.7 Å². The Morgan fingerprint density at radius 2 is 1.91 bits per heavy atom. The summed E-state index contributed by atoms with van der Waals surface area (Å²) in [5.41, 5.74) is 0.724. The van der Waals surface area contributed by atoms with Gasteiger partial charge in [0.05, 0.1) is 6.04 Å². The van der Waals surface area contributed by atoms with E-state index >= 15 is 0 Å². The van der Waals surface area contributed by atoms with Gasteiger partial charge in [0, 0.05) is 48.8 Å². The van der Waals surface area contributed by atoms with Crippen molar-refractivity contribution in [3.63, 3.8) is 0 Å². The van der Waals surface area contributed by atoms with Crippen molar-refractivity contribution in [3.05, 3.63) is 71.6 Å². The van der Waals surface area contributed by atoms with Crippen molar-refractivity contribution in [2.45, 2.75) is 31.0 Å². The minimum atomic E-state index is -0.821. The van der Waals surface area contributed by atoms with E-state index in [-0.39, 0.29) is 23.6 Å². The predicted molar refractivity (Wildman–Crippen MR) is 113 cm³/mol. The number of amides is 2. The largest absolute Gasteiger partial charge is 0.421 e. The summed E-state index contributed by atoms with van der Waals surface area (Å²) >= 11 is 0. The molecule has 3 aromatic rings. The van der Waals surface area contributed by atoms with E-state index in [4.69, 9.17) is 4.42 Å². The highest BCUT2D eigenvalue weighted by Crippen LogP contribution is 2.26. The van der Waals surface area contributed by atoms with Gasteiger partial charge in [0.2, 0.25) is 17.7 Å². The lowest BCUT2D eigenvalue weighted by Gasteiger charge is -2.36. The van der Waals surface area contributed by atoms with Gasteiger partial charge in [0.25, 0.3) is 5.91 Å². The van der Waals surface area contributed by atoms with Crippen LogP contribution in [0.5, 0.6) is 0 Å². The zero-order valence-electron chi connectivity index (χ0n) is 17.5. The number of nitrogens with one attached hydrogen (secondary N) is 2. The summed E-state index contributed by atoms with van der Waals surface area (Å²) in [4.78, 5) is 27.0. The maximum absolute atomic E-state index is 13.5. The zero-order valence-corrected chi connectivity index (χ0v) is 17.5. The maximum atomic E-state index is 13.5. The summed E-state index contributed by atoms with van der Waals surface area (Å²) in [7, 11) is 0. The summed E-state index contributed by atoms with van der Waals surface area (Å²) < 4.78 is 32.7. The minimum Gasteiger partial charge on any atom is -0.421 e. The number of hydrogen-bond donors (Lipinski definition) is 2. The van der Waals surface area contributed by atoms with E-state index in [9.17, 15) is 18.4 Å². The molecule has 1 aromatic heterocycles. The summed E-state index contributed by atoms with van der Waals surface area (Å²) in [6, 6.07) is 11.3. The van der Waals surface area contributed by atoms with Crippen LogP contribution >= 0.6 is 0 Å². The van der Waals surface area contributed by atoms with E-state index in [2.05, 4.69) is 20.8 Å². The molecule has 0 spiro atoms. The lowest BCUT2D eigenvalue weighted by molar-refractivity contribution is -0.129. The van der Waals surface area contributed by atoms with Gasteiger partial charge in [-0.3, -0.25) is 14.5 Å². The molecule has 2 fully saturated rings. The molecule has 10 heteroatoms. The van der Waals surface area contributed by atoms with E-state index < -0.39 is 23.6 Å². The number of carbonyl (C=O) groups excluding carboxylic acids is 2. The molecule has 2 saturated heterocycles. The Morgan fingerprint density at radius 1 is 1.15 bits per heavy atom. The third-order valence-corrected chi connectivity index (χ3v) is 5.98. The molecule has 2 N–H and O–H groups in total. The maximum Gasteiger partial charge on any atom is 0.251 e. The number of aromatic nitrogens is 2. The van der Waals surface area contributed by atoms with Crippen LogP contribution < -0.4 is 10.6 Å². The van der Waals surface area contributed by atoms with Gasteiger partial charge < -0.3 is 15.1 Å². The quantitative estimate of drug-likeness (QED) is 0.613. The summed E-state index contributed by atoms with van der Waals surface area (Å²) in [6.07, 6.45) is 0.831. The van der Waals surface area contributed by atoms with Crippen LogP contribution in [0.4, 0.5) is 8.78 Å². The lowest BCUT2D eigenvalue weighted by atomic mass is 10.1. The van der Waals surface area contributed by atoms with Gasteiger partial charge in [0.1, 0.15) is 11.6 Å². The lowest BCUT2D eigenvalue weighted by Crippen LogP contribution is -2.58. The first kappa shape index (κ1) is 21.2. The Balaban J connectivity index is 1.27. The molecule has 0 saturated carbocycles. The molecule has 2 amide bonds. The summed E-state index contributed by atoms with van der Waals surface area (Å²) in [5, 5.41) is 14.0. The first-order chi connectivity index (χ1) is 16.0. The number of carbonyl (C=O) groups is 2. The average Bonchev–Trinajstić information content (AvgIpc) is 3.43. The van der Waals surface area contributed by atoms with E-state index in [1.165, 1.54) is 0 Å². The number of piperazine rings is 1. The van der Waals surface area contributed by atoms with Gasteiger partial charge in [-0.2, -0.15) is 0 Å². The molecule has 2 aliphatic rings. The van der Waals surface area contributed by atoms with Crippen molar-refractivity contribution < 1.29 is 22.8 Å². The van der Waals surface area contributed by atoms with E-state index in [1.54, 1.807) is 0 Å². The molecule has 3 atom stereocenters. The summed E-state index contributed by atoms with van der Waals surface area (Å²) in [5.74, 6) is -1.46. The van der Waals surface area contributed by atoms with Gasteiger partial charge in [-0.25, -0.2) is 8.78 Å². The Hall–Kier alpha value is -3.66. The molecular formula is C23H21F2N5O3. The average molecular weight is 453 g/mol. The number of fused-ring (bicyclic) bond motifs is 1. The summed E-state index contributed by atoms with van der Waals surface area (Å²) in [6.45, 7) is 0.833. The number of rotatable bonds is 5. The zero-order chi connectivity index (χ0) is 22.9. The Bertz CT molecular complexity index is 1170. The van der Waals surface area contributed by atoms with Gasteiger partial charge in [-0.1, -0.05) is 18.2 Å². The molecule has 3 heterocycles. The van der Waals surface area contributed by atoms with Crippen LogP contribution in [0.3, 0.4) is 0 Å². The highest BCUT2D eigenvalue weighted by molar-refractivity contribution is 5.94. The number of benzene rings is 2. The molecule has 170 valence electrons. The first-order valence-electron chi connectivity index (χ1n) is 10.6. The van der Waals surface area contributed by atoms with Crippen LogP contribution in [0.25, 0.3) is 11.5 Å². The molecule has 5 rings (SSSR count). The normalized spacial score (nSPS) is 22.6. The second-order valence-corrected chi connectivity index (χ2v) is 8.25. The predicted octanol–water partition coefficient (Wildman–Crippen LogP) is 1.93. The van der Waals surface area contributed by atoms with Crippen molar-refractivity contribution in [2.75, 3.05) is 13.1 Å². The SMILES string of the molecule is O=C(N[C@H]1C[C@H]2C(=O)NC[C@@H](Cc3nnc(-c4ccccc4)o3)N2C1)c1cc(F)cc(F)c1. The van der Waals surface area contributed by atoms with Crippen LogP contribution in [0.15, 0.2) is 52.9 Å². The smallest absolute Gasteiger partial charge is 0.251 e. The second kappa shape index (κ2) is 8.70. The van der Waals surface area contributed by atoms with E-state index in [0.29, 0.717) is 43.8 Å². The third-order valence-electron chi connectivity index (χ3n) is 5.98. The van der Waals surface area contributed by atoms with Crippen molar-refractivity contribution in [1.82, 2.24) is 25.7 Å². The van der Waals surface area contributed by atoms with Gasteiger partial charge in [-0.05, 0) is 30.7 Å². The Morgan fingerprint density at radius 3 is 2.67 bits per heavy atom. The fourth-order valence-electron chi connectivity index (χ4n) is 4.46. The number of nitrogens with zero attached hydrogens (tertiary/aromatic N) is 3. The highest BCUT2D eigenvalue weighted by Gasteiger charge is 2.44. The molecule has 0 radical (unpaired) electrons. The molecule has 8 nitrogen and oxygen atoms in total. The van der Waals surface area contributed by atoms with Crippen LogP contribution in [-0.2, 0) is 11.2 Å². The van der Waals surface area contributed by atoms with Gasteiger partial charge in [0.15, 0.2) is 0 Å². The van der Waals surface area contributed by atoms with Crippen molar-refractivity contribution in [3.8, 4) is 11.5 Å². The number of halogens is 2. The van der Waals surface area contributed by atoms with E-state index in [1.807, 2.05) is 35.2 Å². The fraction of sp³-hybridized carbons (Fsp3) is 0.304. The Labute approximate surface area is 188 Å².